The minimum absolute atomic E-state index is 0.195. The molecule has 1 aromatic heterocycles. The monoisotopic (exact) mass is 357 g/mol. The molecule has 2 N–H and O–H groups in total. The average molecular weight is 357 g/mol. The van der Waals surface area contributed by atoms with Crippen molar-refractivity contribution in [1.82, 2.24) is 15.4 Å². The lowest BCUT2D eigenvalue weighted by molar-refractivity contribution is -0.121. The molecule has 0 saturated heterocycles. The largest absolute Gasteiger partial charge is 0.350 e. The highest BCUT2D eigenvalue weighted by Gasteiger charge is 2.14. The van der Waals surface area contributed by atoms with E-state index >= 15 is 0 Å². The third-order valence-corrected chi connectivity index (χ3v) is 4.64. The van der Waals surface area contributed by atoms with Gasteiger partial charge in [0.25, 0.3) is 5.91 Å². The van der Waals surface area contributed by atoms with E-state index in [1.54, 1.807) is 6.20 Å². The summed E-state index contributed by atoms with van der Waals surface area (Å²) in [5.41, 5.74) is 7.40. The first-order valence-electron chi connectivity index (χ1n) is 8.73. The van der Waals surface area contributed by atoms with Gasteiger partial charge in [-0.2, -0.15) is 0 Å². The summed E-state index contributed by atoms with van der Waals surface area (Å²) < 4.78 is 1.89. The van der Waals surface area contributed by atoms with Crippen LogP contribution in [0.4, 0.5) is 0 Å². The topological polar surface area (TPSA) is 63.1 Å². The second kappa shape index (κ2) is 6.96. The Hall–Kier alpha value is -3.60. The number of nitrogens with one attached hydrogen (secondary N) is 2. The SMILES string of the molecule is Cn1cc(C(=O)NNC(=O)Cc2ccc3ccccc3c2)c2ccccc21. The van der Waals surface area contributed by atoms with Crippen molar-refractivity contribution in [2.24, 2.45) is 7.05 Å². The van der Waals surface area contributed by atoms with Crippen molar-refractivity contribution in [2.75, 3.05) is 0 Å². The number of aromatic nitrogens is 1. The number of para-hydroxylation sites is 1. The lowest BCUT2D eigenvalue weighted by atomic mass is 10.1. The molecule has 5 heteroatoms. The smallest absolute Gasteiger partial charge is 0.271 e. The van der Waals surface area contributed by atoms with Gasteiger partial charge in [-0.1, -0.05) is 60.7 Å². The molecule has 0 aliphatic rings. The number of carbonyl (C=O) groups is 2. The summed E-state index contributed by atoms with van der Waals surface area (Å²) in [5, 5.41) is 3.06. The molecule has 0 unspecified atom stereocenters. The molecule has 1 heterocycles. The molecule has 2 amide bonds. The van der Waals surface area contributed by atoms with Gasteiger partial charge in [-0.25, -0.2) is 0 Å². The molecule has 0 fully saturated rings. The molecule has 27 heavy (non-hydrogen) atoms. The summed E-state index contributed by atoms with van der Waals surface area (Å²) >= 11 is 0. The standard InChI is InChI=1S/C22H19N3O2/c1-25-14-19(18-8-4-5-9-20(18)25)22(27)24-23-21(26)13-15-10-11-16-6-2-3-7-17(16)12-15/h2-12,14H,13H2,1H3,(H,23,26)(H,24,27). The number of aryl methyl sites for hydroxylation is 1. The molecule has 5 nitrogen and oxygen atoms in total. The van der Waals surface area contributed by atoms with Crippen molar-refractivity contribution in [3.8, 4) is 0 Å². The Kier molecular flexibility index (Phi) is 4.34. The Labute approximate surface area is 156 Å². The number of nitrogens with zero attached hydrogens (tertiary/aromatic N) is 1. The predicted octanol–water partition coefficient (Wildman–Crippen LogP) is 3.34. The van der Waals surface area contributed by atoms with Gasteiger partial charge in [0.15, 0.2) is 0 Å². The minimum Gasteiger partial charge on any atom is -0.350 e. The average Bonchev–Trinajstić information content (AvgIpc) is 3.03. The van der Waals surface area contributed by atoms with Gasteiger partial charge in [0.1, 0.15) is 0 Å². The maximum atomic E-state index is 12.5. The van der Waals surface area contributed by atoms with E-state index in [2.05, 4.69) is 10.9 Å². The van der Waals surface area contributed by atoms with Crippen LogP contribution < -0.4 is 10.9 Å². The fourth-order valence-electron chi connectivity index (χ4n) is 3.29. The van der Waals surface area contributed by atoms with E-state index in [0.717, 1.165) is 27.2 Å². The molecule has 3 aromatic carbocycles. The Balaban J connectivity index is 1.43. The quantitative estimate of drug-likeness (QED) is 0.553. The molecule has 0 atom stereocenters. The van der Waals surface area contributed by atoms with E-state index in [1.165, 1.54) is 0 Å². The summed E-state index contributed by atoms with van der Waals surface area (Å²) in [6, 6.07) is 21.6. The fraction of sp³-hybridized carbons (Fsp3) is 0.0909. The summed E-state index contributed by atoms with van der Waals surface area (Å²) in [4.78, 5) is 24.7. The number of hydrogen-bond donors (Lipinski definition) is 2. The van der Waals surface area contributed by atoms with Gasteiger partial charge in [0.05, 0.1) is 12.0 Å². The molecular formula is C22H19N3O2. The Morgan fingerprint density at radius 1 is 0.889 bits per heavy atom. The fourth-order valence-corrected chi connectivity index (χ4v) is 3.29. The maximum absolute atomic E-state index is 12.5. The zero-order valence-electron chi connectivity index (χ0n) is 14.9. The predicted molar refractivity (Wildman–Crippen MR) is 106 cm³/mol. The number of fused-ring (bicyclic) bond motifs is 2. The molecule has 134 valence electrons. The van der Waals surface area contributed by atoms with Crippen LogP contribution in [0.15, 0.2) is 72.9 Å². The van der Waals surface area contributed by atoms with Crippen LogP contribution in [-0.2, 0) is 18.3 Å². The normalized spacial score (nSPS) is 10.9. The number of benzene rings is 3. The van der Waals surface area contributed by atoms with Crippen LogP contribution in [0.25, 0.3) is 21.7 Å². The van der Waals surface area contributed by atoms with Crippen LogP contribution in [0, 0.1) is 0 Å². The Bertz CT molecular complexity index is 1160. The van der Waals surface area contributed by atoms with Gasteiger partial charge in [0.2, 0.25) is 5.91 Å². The number of carbonyl (C=O) groups excluding carboxylic acids is 2. The number of rotatable bonds is 3. The zero-order chi connectivity index (χ0) is 18.8. The Morgan fingerprint density at radius 3 is 2.48 bits per heavy atom. The van der Waals surface area contributed by atoms with Crippen molar-refractivity contribution in [1.29, 1.82) is 0 Å². The van der Waals surface area contributed by atoms with Crippen molar-refractivity contribution >= 4 is 33.5 Å². The maximum Gasteiger partial charge on any atom is 0.271 e. The third-order valence-electron chi connectivity index (χ3n) is 4.64. The minimum atomic E-state index is -0.335. The molecule has 0 aliphatic heterocycles. The highest BCUT2D eigenvalue weighted by atomic mass is 16.2. The van der Waals surface area contributed by atoms with Crippen molar-refractivity contribution in [2.45, 2.75) is 6.42 Å². The van der Waals surface area contributed by atoms with Crippen LogP contribution in [0.1, 0.15) is 15.9 Å². The molecular weight excluding hydrogens is 338 g/mol. The van der Waals surface area contributed by atoms with Crippen molar-refractivity contribution in [3.05, 3.63) is 84.1 Å². The highest BCUT2D eigenvalue weighted by Crippen LogP contribution is 2.20. The van der Waals surface area contributed by atoms with Gasteiger partial charge in [-0.05, 0) is 22.4 Å². The zero-order valence-corrected chi connectivity index (χ0v) is 14.9. The van der Waals surface area contributed by atoms with E-state index < -0.39 is 0 Å². The van der Waals surface area contributed by atoms with E-state index in [9.17, 15) is 9.59 Å². The first-order chi connectivity index (χ1) is 13.1. The first-order valence-corrected chi connectivity index (χ1v) is 8.73. The van der Waals surface area contributed by atoms with E-state index in [-0.39, 0.29) is 18.2 Å². The van der Waals surface area contributed by atoms with Crippen LogP contribution in [0.2, 0.25) is 0 Å². The van der Waals surface area contributed by atoms with E-state index in [4.69, 9.17) is 0 Å². The van der Waals surface area contributed by atoms with Crippen LogP contribution >= 0.6 is 0 Å². The van der Waals surface area contributed by atoms with Crippen LogP contribution in [0.3, 0.4) is 0 Å². The molecule has 4 aromatic rings. The molecule has 0 bridgehead atoms. The van der Waals surface area contributed by atoms with Crippen molar-refractivity contribution < 1.29 is 9.59 Å². The molecule has 0 radical (unpaired) electrons. The van der Waals surface area contributed by atoms with E-state index in [0.29, 0.717) is 5.56 Å². The van der Waals surface area contributed by atoms with Gasteiger partial charge >= 0.3 is 0 Å². The summed E-state index contributed by atoms with van der Waals surface area (Å²) in [6.45, 7) is 0. The van der Waals surface area contributed by atoms with E-state index in [1.807, 2.05) is 78.3 Å². The summed E-state index contributed by atoms with van der Waals surface area (Å²) in [7, 11) is 1.89. The molecule has 0 saturated carbocycles. The number of hydrazine groups is 1. The second-order valence-electron chi connectivity index (χ2n) is 6.53. The summed E-state index contributed by atoms with van der Waals surface area (Å²) in [5.74, 6) is -0.600. The number of amides is 2. The van der Waals surface area contributed by atoms with Crippen LogP contribution in [0.5, 0.6) is 0 Å². The highest BCUT2D eigenvalue weighted by molar-refractivity contribution is 6.07. The van der Waals surface area contributed by atoms with Crippen molar-refractivity contribution in [3.63, 3.8) is 0 Å². The van der Waals surface area contributed by atoms with Gasteiger partial charge in [-0.15, -0.1) is 0 Å². The lowest BCUT2D eigenvalue weighted by Gasteiger charge is -2.08. The third kappa shape index (κ3) is 3.40. The molecule has 0 aliphatic carbocycles. The molecule has 4 rings (SSSR count). The first kappa shape index (κ1) is 16.8. The molecule has 0 spiro atoms. The van der Waals surface area contributed by atoms with Gasteiger partial charge in [0, 0.05) is 24.1 Å². The lowest BCUT2D eigenvalue weighted by Crippen LogP contribution is -2.42. The van der Waals surface area contributed by atoms with Gasteiger partial charge < -0.3 is 4.57 Å². The second-order valence-corrected chi connectivity index (χ2v) is 6.53. The van der Waals surface area contributed by atoms with Gasteiger partial charge in [-0.3, -0.25) is 20.4 Å². The number of hydrogen-bond acceptors (Lipinski definition) is 2. The Morgan fingerprint density at radius 2 is 1.63 bits per heavy atom. The van der Waals surface area contributed by atoms with Crippen LogP contribution in [-0.4, -0.2) is 16.4 Å². The summed E-state index contributed by atoms with van der Waals surface area (Å²) in [6.07, 6.45) is 1.95.